The average Bonchev–Trinajstić information content (AvgIpc) is 2.61. The minimum absolute atomic E-state index is 0.102. The molecule has 0 radical (unpaired) electrons. The first-order valence-electron chi connectivity index (χ1n) is 6.77. The number of piperazine rings is 1. The Balaban J connectivity index is 1.68. The summed E-state index contributed by atoms with van der Waals surface area (Å²) < 4.78 is 6.05. The highest BCUT2D eigenvalue weighted by Crippen LogP contribution is 2.29. The van der Waals surface area contributed by atoms with Gasteiger partial charge < -0.3 is 4.74 Å². The van der Waals surface area contributed by atoms with Crippen LogP contribution in [0.1, 0.15) is 26.7 Å². The van der Waals surface area contributed by atoms with Gasteiger partial charge in [0.2, 0.25) is 0 Å². The van der Waals surface area contributed by atoms with E-state index in [1.807, 2.05) is 0 Å². The molecule has 2 aliphatic heterocycles. The van der Waals surface area contributed by atoms with E-state index >= 15 is 0 Å². The van der Waals surface area contributed by atoms with Crippen molar-refractivity contribution in [3.63, 3.8) is 0 Å². The molecule has 2 heterocycles. The van der Waals surface area contributed by atoms with Gasteiger partial charge in [0.15, 0.2) is 0 Å². The van der Waals surface area contributed by atoms with E-state index in [9.17, 15) is 0 Å². The summed E-state index contributed by atoms with van der Waals surface area (Å²) in [5, 5.41) is 0. The van der Waals surface area contributed by atoms with Gasteiger partial charge in [-0.3, -0.25) is 9.80 Å². The number of nitrogens with zero attached hydrogens (tertiary/aromatic N) is 2. The number of alkyl halides is 1. The fraction of sp³-hybridized carbons (Fsp3) is 1.00. The molecule has 0 bridgehead atoms. The molecule has 3 nitrogen and oxygen atoms in total. The fourth-order valence-electron chi connectivity index (χ4n) is 2.81. The van der Waals surface area contributed by atoms with Gasteiger partial charge in [-0.15, -0.1) is 11.6 Å². The molecule has 1 unspecified atom stereocenters. The lowest BCUT2D eigenvalue weighted by Crippen LogP contribution is -2.49. The summed E-state index contributed by atoms with van der Waals surface area (Å²) in [5.41, 5.74) is 0.102. The van der Waals surface area contributed by atoms with Gasteiger partial charge in [-0.25, -0.2) is 0 Å². The smallest absolute Gasteiger partial charge is 0.0710 e. The topological polar surface area (TPSA) is 15.7 Å². The lowest BCUT2D eigenvalue weighted by molar-refractivity contribution is -0.0333. The molecular formula is C13H25ClN2O. The second-order valence-electron chi connectivity index (χ2n) is 5.87. The third-order valence-corrected chi connectivity index (χ3v) is 4.05. The first-order valence-corrected chi connectivity index (χ1v) is 7.31. The lowest BCUT2D eigenvalue weighted by Gasteiger charge is -2.35. The molecule has 2 saturated heterocycles. The highest BCUT2D eigenvalue weighted by molar-refractivity contribution is 6.18. The predicted molar refractivity (Wildman–Crippen MR) is 71.8 cm³/mol. The molecule has 17 heavy (non-hydrogen) atoms. The molecule has 2 aliphatic rings. The zero-order valence-corrected chi connectivity index (χ0v) is 11.9. The van der Waals surface area contributed by atoms with Gasteiger partial charge in [0.05, 0.1) is 11.7 Å². The van der Waals surface area contributed by atoms with Crippen molar-refractivity contribution in [2.75, 3.05) is 45.1 Å². The predicted octanol–water partition coefficient (Wildman–Crippen LogP) is 1.80. The summed E-state index contributed by atoms with van der Waals surface area (Å²) in [7, 11) is 0. The van der Waals surface area contributed by atoms with E-state index in [-0.39, 0.29) is 5.60 Å². The Kier molecular flexibility index (Phi) is 4.70. The van der Waals surface area contributed by atoms with Crippen LogP contribution in [0.4, 0.5) is 0 Å². The molecule has 1 atom stereocenters. The molecule has 0 saturated carbocycles. The first-order chi connectivity index (χ1) is 8.09. The maximum atomic E-state index is 6.05. The minimum atomic E-state index is 0.102. The molecule has 2 fully saturated rings. The minimum Gasteiger partial charge on any atom is -0.371 e. The lowest BCUT2D eigenvalue weighted by atomic mass is 10.1. The van der Waals surface area contributed by atoms with Crippen molar-refractivity contribution < 1.29 is 4.74 Å². The molecular weight excluding hydrogens is 236 g/mol. The average molecular weight is 261 g/mol. The summed E-state index contributed by atoms with van der Waals surface area (Å²) in [5.74, 6) is 0.750. The van der Waals surface area contributed by atoms with Crippen LogP contribution in [0.5, 0.6) is 0 Å². The van der Waals surface area contributed by atoms with Crippen molar-refractivity contribution in [1.82, 2.24) is 9.80 Å². The van der Waals surface area contributed by atoms with E-state index < -0.39 is 0 Å². The molecule has 100 valence electrons. The molecule has 0 aliphatic carbocycles. The quantitative estimate of drug-likeness (QED) is 0.717. The Hall–Kier alpha value is 0.170. The van der Waals surface area contributed by atoms with Crippen LogP contribution in [0, 0.1) is 0 Å². The Labute approximate surface area is 110 Å². The standard InChI is InChI=1S/C13H25ClN2O/c1-13(2)4-3-12(17-13)11-16-9-7-15(6-5-14)8-10-16/h12H,3-11H2,1-2H3. The summed E-state index contributed by atoms with van der Waals surface area (Å²) >= 11 is 5.76. The van der Waals surface area contributed by atoms with Crippen LogP contribution in [-0.4, -0.2) is 66.7 Å². The number of hydrogen-bond donors (Lipinski definition) is 0. The van der Waals surface area contributed by atoms with Crippen LogP contribution >= 0.6 is 11.6 Å². The summed E-state index contributed by atoms with van der Waals surface area (Å²) in [6.45, 7) is 11.2. The van der Waals surface area contributed by atoms with Crippen LogP contribution in [0.25, 0.3) is 0 Å². The van der Waals surface area contributed by atoms with E-state index in [1.165, 1.54) is 12.8 Å². The fourth-order valence-corrected chi connectivity index (χ4v) is 3.05. The maximum absolute atomic E-state index is 6.05. The third-order valence-electron chi connectivity index (χ3n) is 3.88. The van der Waals surface area contributed by atoms with E-state index in [0.717, 1.165) is 45.1 Å². The van der Waals surface area contributed by atoms with Gasteiger partial charge in [-0.1, -0.05) is 0 Å². The van der Waals surface area contributed by atoms with Gasteiger partial charge in [-0.2, -0.15) is 0 Å². The van der Waals surface area contributed by atoms with Gasteiger partial charge >= 0.3 is 0 Å². The molecule has 0 N–H and O–H groups in total. The summed E-state index contributed by atoms with van der Waals surface area (Å²) in [6, 6.07) is 0. The highest BCUT2D eigenvalue weighted by Gasteiger charge is 2.32. The monoisotopic (exact) mass is 260 g/mol. The van der Waals surface area contributed by atoms with Crippen LogP contribution in [0.15, 0.2) is 0 Å². The molecule has 4 heteroatoms. The molecule has 0 aromatic rings. The SMILES string of the molecule is CC1(C)CCC(CN2CCN(CCCl)CC2)O1. The molecule has 0 aromatic carbocycles. The van der Waals surface area contributed by atoms with Crippen molar-refractivity contribution in [1.29, 1.82) is 0 Å². The van der Waals surface area contributed by atoms with Crippen molar-refractivity contribution in [3.05, 3.63) is 0 Å². The second-order valence-corrected chi connectivity index (χ2v) is 6.25. The Morgan fingerprint density at radius 2 is 1.82 bits per heavy atom. The van der Waals surface area contributed by atoms with Crippen LogP contribution in [0.3, 0.4) is 0 Å². The zero-order chi connectivity index (χ0) is 12.3. The second kappa shape index (κ2) is 5.87. The largest absolute Gasteiger partial charge is 0.371 e. The van der Waals surface area contributed by atoms with Gasteiger partial charge in [-0.05, 0) is 26.7 Å². The van der Waals surface area contributed by atoms with E-state index in [1.54, 1.807) is 0 Å². The molecule has 0 aromatic heterocycles. The molecule has 0 amide bonds. The van der Waals surface area contributed by atoms with Crippen molar-refractivity contribution in [3.8, 4) is 0 Å². The Morgan fingerprint density at radius 3 is 2.35 bits per heavy atom. The molecule has 0 spiro atoms. The maximum Gasteiger partial charge on any atom is 0.0710 e. The summed E-state index contributed by atoms with van der Waals surface area (Å²) in [4.78, 5) is 4.99. The number of hydrogen-bond acceptors (Lipinski definition) is 3. The number of halogens is 1. The normalized spacial score (nSPS) is 30.9. The van der Waals surface area contributed by atoms with E-state index in [2.05, 4.69) is 23.6 Å². The van der Waals surface area contributed by atoms with Crippen molar-refractivity contribution in [2.24, 2.45) is 0 Å². The zero-order valence-electron chi connectivity index (χ0n) is 11.1. The van der Waals surface area contributed by atoms with Crippen molar-refractivity contribution >= 4 is 11.6 Å². The summed E-state index contributed by atoms with van der Waals surface area (Å²) in [6.07, 6.45) is 2.86. The van der Waals surface area contributed by atoms with Crippen LogP contribution in [0.2, 0.25) is 0 Å². The van der Waals surface area contributed by atoms with Crippen LogP contribution < -0.4 is 0 Å². The number of ether oxygens (including phenoxy) is 1. The highest BCUT2D eigenvalue weighted by atomic mass is 35.5. The van der Waals surface area contributed by atoms with Gasteiger partial charge in [0.1, 0.15) is 0 Å². The van der Waals surface area contributed by atoms with Crippen molar-refractivity contribution in [2.45, 2.75) is 38.4 Å². The third kappa shape index (κ3) is 4.09. The Bertz CT molecular complexity index is 240. The van der Waals surface area contributed by atoms with Gasteiger partial charge in [0.25, 0.3) is 0 Å². The Morgan fingerprint density at radius 1 is 1.18 bits per heavy atom. The van der Waals surface area contributed by atoms with E-state index in [4.69, 9.17) is 16.3 Å². The van der Waals surface area contributed by atoms with E-state index in [0.29, 0.717) is 6.10 Å². The number of rotatable bonds is 4. The molecule has 2 rings (SSSR count). The van der Waals surface area contributed by atoms with Gasteiger partial charge in [0, 0.05) is 45.1 Å². The van der Waals surface area contributed by atoms with Crippen LogP contribution in [-0.2, 0) is 4.74 Å². The first kappa shape index (κ1) is 13.6.